The number of hydrogen-bond acceptors (Lipinski definition) is 4. The van der Waals surface area contributed by atoms with Crippen LogP contribution in [0.5, 0.6) is 0 Å². The number of carbonyl (C=O) groups is 1. The normalized spacial score (nSPS) is 18.2. The molecule has 2 rings (SSSR count). The lowest BCUT2D eigenvalue weighted by atomic mass is 9.98. The third kappa shape index (κ3) is 2.34. The van der Waals surface area contributed by atoms with Gasteiger partial charge >= 0.3 is 0 Å². The molecule has 1 aliphatic heterocycles. The molecule has 2 heterocycles. The van der Waals surface area contributed by atoms with E-state index in [-0.39, 0.29) is 11.8 Å². The Morgan fingerprint density at radius 1 is 1.41 bits per heavy atom. The van der Waals surface area contributed by atoms with Crippen molar-refractivity contribution in [2.75, 3.05) is 26.2 Å². The molecule has 0 spiro atoms. The molecule has 1 amide bonds. The molecule has 0 aromatic carbocycles. The van der Waals surface area contributed by atoms with Crippen molar-refractivity contribution in [1.29, 1.82) is 0 Å². The first-order valence-electron chi connectivity index (χ1n) is 6.03. The molecule has 1 aliphatic rings. The molecule has 1 aromatic heterocycles. The Morgan fingerprint density at radius 3 is 2.59 bits per heavy atom. The summed E-state index contributed by atoms with van der Waals surface area (Å²) >= 11 is 0. The van der Waals surface area contributed by atoms with Gasteiger partial charge in [0.2, 0.25) is 5.91 Å². The summed E-state index contributed by atoms with van der Waals surface area (Å²) in [5, 5.41) is 7.15. The van der Waals surface area contributed by atoms with E-state index in [0.29, 0.717) is 0 Å². The second-order valence-electron chi connectivity index (χ2n) is 4.53. The first-order valence-corrected chi connectivity index (χ1v) is 6.03. The topological polar surface area (TPSA) is 58.4 Å². The van der Waals surface area contributed by atoms with Crippen LogP contribution in [0.4, 0.5) is 0 Å². The van der Waals surface area contributed by atoms with Crippen LogP contribution < -0.4 is 5.32 Å². The Hall–Kier alpha value is -1.36. The van der Waals surface area contributed by atoms with Crippen LogP contribution in [0.2, 0.25) is 0 Å². The van der Waals surface area contributed by atoms with Crippen LogP contribution in [0, 0.1) is 13.8 Å². The standard InChI is InChI=1S/C12H19N3O2/c1-8(11-9(2)14-17-10(11)3)12(16)15-6-4-13-5-7-15/h8,13H,4-7H2,1-3H3. The van der Waals surface area contributed by atoms with E-state index < -0.39 is 0 Å². The van der Waals surface area contributed by atoms with Crippen molar-refractivity contribution in [3.8, 4) is 0 Å². The fourth-order valence-corrected chi connectivity index (χ4v) is 2.39. The molecule has 0 aliphatic carbocycles. The van der Waals surface area contributed by atoms with Gasteiger partial charge in [0.15, 0.2) is 0 Å². The van der Waals surface area contributed by atoms with Crippen molar-refractivity contribution in [3.63, 3.8) is 0 Å². The molecule has 1 aromatic rings. The van der Waals surface area contributed by atoms with Crippen LogP contribution in [0.25, 0.3) is 0 Å². The SMILES string of the molecule is Cc1noc(C)c1C(C)C(=O)N1CCNCC1. The van der Waals surface area contributed by atoms with Gasteiger partial charge in [0.05, 0.1) is 11.6 Å². The number of carbonyl (C=O) groups excluding carboxylic acids is 1. The molecule has 0 radical (unpaired) electrons. The van der Waals surface area contributed by atoms with Gasteiger partial charge in [-0.15, -0.1) is 0 Å². The van der Waals surface area contributed by atoms with Gasteiger partial charge in [-0.1, -0.05) is 5.16 Å². The second kappa shape index (κ2) is 4.87. The van der Waals surface area contributed by atoms with Crippen LogP contribution in [-0.4, -0.2) is 42.1 Å². The van der Waals surface area contributed by atoms with Gasteiger partial charge in [-0.05, 0) is 20.8 Å². The first kappa shape index (κ1) is 12.1. The summed E-state index contributed by atoms with van der Waals surface area (Å²) in [6.07, 6.45) is 0. The van der Waals surface area contributed by atoms with Crippen molar-refractivity contribution < 1.29 is 9.32 Å². The Labute approximate surface area is 101 Å². The number of amides is 1. The van der Waals surface area contributed by atoms with Gasteiger partial charge in [-0.2, -0.15) is 0 Å². The van der Waals surface area contributed by atoms with Gasteiger partial charge in [0.1, 0.15) is 5.76 Å². The summed E-state index contributed by atoms with van der Waals surface area (Å²) in [6, 6.07) is 0. The van der Waals surface area contributed by atoms with E-state index in [0.717, 1.165) is 43.2 Å². The van der Waals surface area contributed by atoms with Crippen molar-refractivity contribution >= 4 is 5.91 Å². The Kier molecular flexibility index (Phi) is 3.47. The third-order valence-electron chi connectivity index (χ3n) is 3.32. The maximum Gasteiger partial charge on any atom is 0.230 e. The van der Waals surface area contributed by atoms with Crippen molar-refractivity contribution in [3.05, 3.63) is 17.0 Å². The molecule has 0 saturated carbocycles. The van der Waals surface area contributed by atoms with Crippen molar-refractivity contribution in [2.45, 2.75) is 26.7 Å². The predicted octanol–water partition coefficient (Wildman–Crippen LogP) is 0.827. The van der Waals surface area contributed by atoms with Crippen LogP contribution in [0.1, 0.15) is 29.9 Å². The van der Waals surface area contributed by atoms with Crippen LogP contribution in [0.3, 0.4) is 0 Å². The quantitative estimate of drug-likeness (QED) is 0.827. The van der Waals surface area contributed by atoms with E-state index in [9.17, 15) is 4.79 Å². The first-order chi connectivity index (χ1) is 8.11. The minimum Gasteiger partial charge on any atom is -0.361 e. The minimum atomic E-state index is -0.167. The van der Waals surface area contributed by atoms with Crippen LogP contribution in [0.15, 0.2) is 4.52 Å². The van der Waals surface area contributed by atoms with Gasteiger partial charge in [0.25, 0.3) is 0 Å². The number of nitrogens with zero attached hydrogens (tertiary/aromatic N) is 2. The lowest BCUT2D eigenvalue weighted by molar-refractivity contribution is -0.133. The summed E-state index contributed by atoms with van der Waals surface area (Å²) in [6.45, 7) is 8.99. The lowest BCUT2D eigenvalue weighted by Gasteiger charge is -2.29. The van der Waals surface area contributed by atoms with Gasteiger partial charge in [-0.25, -0.2) is 0 Å². The molecule has 5 heteroatoms. The van der Waals surface area contributed by atoms with Gasteiger partial charge in [0, 0.05) is 31.7 Å². The lowest BCUT2D eigenvalue weighted by Crippen LogP contribution is -2.47. The number of nitrogens with one attached hydrogen (secondary N) is 1. The molecule has 5 nitrogen and oxygen atoms in total. The molecule has 0 bridgehead atoms. The molecule has 94 valence electrons. The van der Waals surface area contributed by atoms with Gasteiger partial charge in [-0.3, -0.25) is 4.79 Å². The number of aromatic nitrogens is 1. The van der Waals surface area contributed by atoms with Crippen molar-refractivity contribution in [2.24, 2.45) is 0 Å². The Morgan fingerprint density at radius 2 is 2.06 bits per heavy atom. The van der Waals surface area contributed by atoms with E-state index >= 15 is 0 Å². The molecule has 1 N–H and O–H groups in total. The molecular weight excluding hydrogens is 218 g/mol. The minimum absolute atomic E-state index is 0.167. The molecule has 1 unspecified atom stereocenters. The summed E-state index contributed by atoms with van der Waals surface area (Å²) in [5.41, 5.74) is 1.76. The molecule has 17 heavy (non-hydrogen) atoms. The fraction of sp³-hybridized carbons (Fsp3) is 0.667. The molecule has 1 fully saturated rings. The zero-order chi connectivity index (χ0) is 12.4. The smallest absolute Gasteiger partial charge is 0.230 e. The van der Waals surface area contributed by atoms with Gasteiger partial charge < -0.3 is 14.7 Å². The highest BCUT2D eigenvalue weighted by Crippen LogP contribution is 2.24. The molecular formula is C12H19N3O2. The number of rotatable bonds is 2. The van der Waals surface area contributed by atoms with E-state index in [1.165, 1.54) is 0 Å². The van der Waals surface area contributed by atoms with E-state index in [1.807, 2.05) is 25.7 Å². The maximum atomic E-state index is 12.3. The largest absolute Gasteiger partial charge is 0.361 e. The average molecular weight is 237 g/mol. The average Bonchev–Trinajstić information content (AvgIpc) is 2.68. The molecule has 1 saturated heterocycles. The summed E-state index contributed by atoms with van der Waals surface area (Å²) in [4.78, 5) is 14.2. The Bertz CT molecular complexity index is 388. The fourth-order valence-electron chi connectivity index (χ4n) is 2.39. The maximum absolute atomic E-state index is 12.3. The number of piperazine rings is 1. The summed E-state index contributed by atoms with van der Waals surface area (Å²) in [5.74, 6) is 0.749. The summed E-state index contributed by atoms with van der Waals surface area (Å²) < 4.78 is 5.12. The van der Waals surface area contributed by atoms with Crippen LogP contribution >= 0.6 is 0 Å². The highest BCUT2D eigenvalue weighted by molar-refractivity contribution is 5.84. The highest BCUT2D eigenvalue weighted by Gasteiger charge is 2.27. The van der Waals surface area contributed by atoms with E-state index in [2.05, 4.69) is 10.5 Å². The second-order valence-corrected chi connectivity index (χ2v) is 4.53. The van der Waals surface area contributed by atoms with Crippen molar-refractivity contribution in [1.82, 2.24) is 15.4 Å². The van der Waals surface area contributed by atoms with E-state index in [4.69, 9.17) is 4.52 Å². The zero-order valence-electron chi connectivity index (χ0n) is 10.6. The monoisotopic (exact) mass is 237 g/mol. The summed E-state index contributed by atoms with van der Waals surface area (Å²) in [7, 11) is 0. The van der Waals surface area contributed by atoms with E-state index in [1.54, 1.807) is 0 Å². The number of hydrogen-bond donors (Lipinski definition) is 1. The van der Waals surface area contributed by atoms with Crippen LogP contribution in [-0.2, 0) is 4.79 Å². The molecule has 1 atom stereocenters. The zero-order valence-corrected chi connectivity index (χ0v) is 10.6. The number of aryl methyl sites for hydroxylation is 2. The predicted molar refractivity (Wildman–Crippen MR) is 63.8 cm³/mol. The Balaban J connectivity index is 2.14. The third-order valence-corrected chi connectivity index (χ3v) is 3.32. The highest BCUT2D eigenvalue weighted by atomic mass is 16.5.